The molecule has 3 N–H and O–H groups in total. The summed E-state index contributed by atoms with van der Waals surface area (Å²) in [5.74, 6) is 0.0987. The lowest BCUT2D eigenvalue weighted by Gasteiger charge is -2.11. The fourth-order valence-corrected chi connectivity index (χ4v) is 2.93. The summed E-state index contributed by atoms with van der Waals surface area (Å²) in [4.78, 5) is 23.5. The van der Waals surface area contributed by atoms with Crippen LogP contribution in [0.15, 0.2) is 18.2 Å². The predicted molar refractivity (Wildman–Crippen MR) is 117 cm³/mol. The zero-order valence-electron chi connectivity index (χ0n) is 16.0. The number of halogens is 2. The summed E-state index contributed by atoms with van der Waals surface area (Å²) in [5, 5.41) is 3.57. The molecule has 28 heavy (non-hydrogen) atoms. The highest BCUT2D eigenvalue weighted by Crippen LogP contribution is 2.27. The van der Waals surface area contributed by atoms with E-state index in [9.17, 15) is 9.59 Å². The van der Waals surface area contributed by atoms with E-state index in [1.165, 1.54) is 12.8 Å². The molecule has 0 fully saturated rings. The van der Waals surface area contributed by atoms with Crippen LogP contribution in [0.1, 0.15) is 58.3 Å². The highest BCUT2D eigenvalue weighted by molar-refractivity contribution is 7.80. The minimum absolute atomic E-state index is 0.0797. The molecule has 156 valence electrons. The van der Waals surface area contributed by atoms with Gasteiger partial charge in [0.05, 0.1) is 11.6 Å². The van der Waals surface area contributed by atoms with Crippen molar-refractivity contribution in [2.45, 2.75) is 58.3 Å². The molecule has 0 aromatic heterocycles. The molecule has 0 heterocycles. The number of ether oxygens (including phenoxy) is 1. The third-order valence-corrected chi connectivity index (χ3v) is 4.51. The first-order valence-electron chi connectivity index (χ1n) is 9.39. The van der Waals surface area contributed by atoms with E-state index in [0.717, 1.165) is 19.3 Å². The fourth-order valence-electron chi connectivity index (χ4n) is 2.31. The number of hydrogen-bond acceptors (Lipinski definition) is 4. The summed E-state index contributed by atoms with van der Waals surface area (Å²) in [6, 6.07) is 4.95. The first kappa shape index (κ1) is 24.5. The normalized spacial score (nSPS) is 10.2. The van der Waals surface area contributed by atoms with E-state index >= 15 is 0 Å². The Kier molecular flexibility index (Phi) is 12.6. The van der Waals surface area contributed by atoms with Crippen molar-refractivity contribution < 1.29 is 14.3 Å². The molecule has 0 aliphatic rings. The summed E-state index contributed by atoms with van der Waals surface area (Å²) in [7, 11) is 0. The fraction of sp³-hybridized carbons (Fsp3) is 0.526. The minimum Gasteiger partial charge on any atom is -0.492 e. The van der Waals surface area contributed by atoms with Crippen LogP contribution in [0.3, 0.4) is 0 Å². The maximum Gasteiger partial charge on any atom is 0.238 e. The number of rotatable bonds is 11. The molecule has 1 rings (SSSR count). The van der Waals surface area contributed by atoms with Crippen molar-refractivity contribution in [3.63, 3.8) is 0 Å². The van der Waals surface area contributed by atoms with E-state index < -0.39 is 0 Å². The molecule has 2 amide bonds. The lowest BCUT2D eigenvalue weighted by Crippen LogP contribution is -2.48. The molecular weight excluding hydrogens is 421 g/mol. The van der Waals surface area contributed by atoms with Crippen LogP contribution in [-0.4, -0.2) is 23.5 Å². The van der Waals surface area contributed by atoms with E-state index in [1.807, 2.05) is 0 Å². The van der Waals surface area contributed by atoms with Gasteiger partial charge in [-0.1, -0.05) is 55.8 Å². The summed E-state index contributed by atoms with van der Waals surface area (Å²) >= 11 is 16.8. The Morgan fingerprint density at radius 1 is 1.00 bits per heavy atom. The van der Waals surface area contributed by atoms with Crippen LogP contribution in [0.4, 0.5) is 0 Å². The SMILES string of the molecule is CCCCCCCC(=O)NC(=S)NNC(=O)CCCOc1ccc(Cl)cc1Cl. The van der Waals surface area contributed by atoms with Gasteiger partial charge in [0.15, 0.2) is 5.11 Å². The summed E-state index contributed by atoms with van der Waals surface area (Å²) in [6.45, 7) is 2.47. The lowest BCUT2D eigenvalue weighted by atomic mass is 10.1. The zero-order valence-corrected chi connectivity index (χ0v) is 18.3. The second kappa shape index (κ2) is 14.4. The van der Waals surface area contributed by atoms with Crippen molar-refractivity contribution in [1.82, 2.24) is 16.2 Å². The van der Waals surface area contributed by atoms with Crippen LogP contribution >= 0.6 is 35.4 Å². The molecule has 0 aliphatic heterocycles. The smallest absolute Gasteiger partial charge is 0.238 e. The third kappa shape index (κ3) is 11.3. The van der Waals surface area contributed by atoms with Gasteiger partial charge in [-0.3, -0.25) is 20.4 Å². The monoisotopic (exact) mass is 447 g/mol. The first-order valence-corrected chi connectivity index (χ1v) is 10.5. The van der Waals surface area contributed by atoms with Gasteiger partial charge in [0.25, 0.3) is 0 Å². The lowest BCUT2D eigenvalue weighted by molar-refractivity contribution is -0.122. The van der Waals surface area contributed by atoms with Crippen LogP contribution < -0.4 is 20.9 Å². The van der Waals surface area contributed by atoms with Crippen LogP contribution in [0.5, 0.6) is 5.75 Å². The molecule has 0 atom stereocenters. The highest BCUT2D eigenvalue weighted by Gasteiger charge is 2.07. The molecule has 0 aliphatic carbocycles. The van der Waals surface area contributed by atoms with E-state index in [-0.39, 0.29) is 23.3 Å². The van der Waals surface area contributed by atoms with Gasteiger partial charge in [-0.05, 0) is 43.3 Å². The average Bonchev–Trinajstić information content (AvgIpc) is 2.64. The van der Waals surface area contributed by atoms with E-state index in [2.05, 4.69) is 23.1 Å². The van der Waals surface area contributed by atoms with Crippen LogP contribution in [-0.2, 0) is 9.59 Å². The van der Waals surface area contributed by atoms with E-state index in [4.69, 9.17) is 40.2 Å². The molecule has 1 aromatic carbocycles. The van der Waals surface area contributed by atoms with E-state index in [0.29, 0.717) is 35.2 Å². The number of carbonyl (C=O) groups is 2. The number of amides is 2. The maximum absolute atomic E-state index is 11.8. The minimum atomic E-state index is -0.262. The van der Waals surface area contributed by atoms with E-state index in [1.54, 1.807) is 18.2 Å². The Hall–Kier alpha value is -1.57. The van der Waals surface area contributed by atoms with Crippen molar-refractivity contribution in [3.8, 4) is 5.75 Å². The summed E-state index contributed by atoms with van der Waals surface area (Å²) in [6.07, 6.45) is 6.49. The van der Waals surface area contributed by atoms with Crippen LogP contribution in [0.2, 0.25) is 10.0 Å². The molecule has 0 spiro atoms. The molecule has 1 aromatic rings. The number of nitrogens with one attached hydrogen (secondary N) is 3. The van der Waals surface area contributed by atoms with Gasteiger partial charge in [-0.25, -0.2) is 0 Å². The predicted octanol–water partition coefficient (Wildman–Crippen LogP) is 4.53. The summed E-state index contributed by atoms with van der Waals surface area (Å²) in [5.41, 5.74) is 4.97. The van der Waals surface area contributed by atoms with Gasteiger partial charge >= 0.3 is 0 Å². The number of hydrazine groups is 1. The van der Waals surface area contributed by atoms with Crippen LogP contribution in [0, 0.1) is 0 Å². The maximum atomic E-state index is 11.8. The van der Waals surface area contributed by atoms with Gasteiger partial charge in [0, 0.05) is 17.9 Å². The Bertz CT molecular complexity index is 659. The van der Waals surface area contributed by atoms with Crippen molar-refractivity contribution >= 4 is 52.3 Å². The molecule has 9 heteroatoms. The first-order chi connectivity index (χ1) is 13.4. The molecule has 0 radical (unpaired) electrons. The Labute approximate surface area is 181 Å². The Morgan fingerprint density at radius 3 is 2.43 bits per heavy atom. The van der Waals surface area contributed by atoms with Gasteiger partial charge < -0.3 is 10.1 Å². The standard InChI is InChI=1S/C19H27Cl2N3O3S/c1-2-3-4-5-6-8-17(25)22-19(28)24-23-18(26)9-7-12-27-16-11-10-14(20)13-15(16)21/h10-11,13H,2-9,12H2,1H3,(H,23,26)(H2,22,24,25,28). The molecule has 6 nitrogen and oxygen atoms in total. The van der Waals surface area contributed by atoms with Crippen molar-refractivity contribution in [3.05, 3.63) is 28.2 Å². The van der Waals surface area contributed by atoms with Gasteiger partial charge in [0.1, 0.15) is 5.75 Å². The second-order valence-electron chi connectivity index (χ2n) is 6.24. The van der Waals surface area contributed by atoms with Gasteiger partial charge in [-0.2, -0.15) is 0 Å². The van der Waals surface area contributed by atoms with Crippen molar-refractivity contribution in [2.75, 3.05) is 6.61 Å². The Balaban J connectivity index is 2.10. The molecule has 0 saturated heterocycles. The highest BCUT2D eigenvalue weighted by atomic mass is 35.5. The number of hydrogen-bond donors (Lipinski definition) is 3. The van der Waals surface area contributed by atoms with Gasteiger partial charge in [0.2, 0.25) is 11.8 Å². The third-order valence-electron chi connectivity index (χ3n) is 3.78. The zero-order chi connectivity index (χ0) is 20.8. The topological polar surface area (TPSA) is 79.5 Å². The van der Waals surface area contributed by atoms with Crippen molar-refractivity contribution in [2.24, 2.45) is 0 Å². The number of thiocarbonyl (C=S) groups is 1. The number of carbonyl (C=O) groups excluding carboxylic acids is 2. The molecular formula is C19H27Cl2N3O3S. The molecule has 0 unspecified atom stereocenters. The Morgan fingerprint density at radius 2 is 1.71 bits per heavy atom. The number of unbranched alkanes of at least 4 members (excludes halogenated alkanes) is 4. The van der Waals surface area contributed by atoms with Gasteiger partial charge in [-0.15, -0.1) is 0 Å². The quantitative estimate of drug-likeness (QED) is 0.263. The average molecular weight is 448 g/mol. The second-order valence-corrected chi connectivity index (χ2v) is 7.49. The molecule has 0 bridgehead atoms. The number of benzene rings is 1. The van der Waals surface area contributed by atoms with Crippen molar-refractivity contribution in [1.29, 1.82) is 0 Å². The summed E-state index contributed by atoms with van der Waals surface area (Å²) < 4.78 is 5.51. The molecule has 0 saturated carbocycles. The van der Waals surface area contributed by atoms with Crippen LogP contribution in [0.25, 0.3) is 0 Å². The largest absolute Gasteiger partial charge is 0.492 e.